The van der Waals surface area contributed by atoms with Crippen molar-refractivity contribution in [3.8, 4) is 5.19 Å². The summed E-state index contributed by atoms with van der Waals surface area (Å²) in [4.78, 5) is 29.4. The standard InChI is InChI=1S/C16H16N2O4S/c1-16(2,3)22-15(20)18-10-8-6-5-7-9(10)11-12(19)17-14(21-4)23-13(11)18/h5-8H,1-4H3. The van der Waals surface area contributed by atoms with Crippen LogP contribution >= 0.6 is 11.3 Å². The zero-order valence-electron chi connectivity index (χ0n) is 13.2. The second kappa shape index (κ2) is 5.34. The fourth-order valence-electron chi connectivity index (χ4n) is 2.34. The molecule has 7 heteroatoms. The molecule has 0 aliphatic rings. The molecule has 2 heterocycles. The summed E-state index contributed by atoms with van der Waals surface area (Å²) in [5.41, 5.74) is -0.453. The number of carbonyl (C=O) groups excluding carboxylic acids is 1. The van der Waals surface area contributed by atoms with Crippen LogP contribution in [-0.2, 0) is 4.74 Å². The molecule has 0 saturated heterocycles. The van der Waals surface area contributed by atoms with Crippen LogP contribution in [0.5, 0.6) is 5.19 Å². The fraction of sp³-hybridized carbons (Fsp3) is 0.312. The number of benzene rings is 1. The van der Waals surface area contributed by atoms with Gasteiger partial charge < -0.3 is 9.47 Å². The van der Waals surface area contributed by atoms with Crippen molar-refractivity contribution < 1.29 is 14.3 Å². The number of hydrogen-bond donors (Lipinski definition) is 0. The van der Waals surface area contributed by atoms with Crippen LogP contribution in [0.2, 0.25) is 0 Å². The first-order valence-electron chi connectivity index (χ1n) is 7.03. The lowest BCUT2D eigenvalue weighted by atomic mass is 10.2. The normalized spacial score (nSPS) is 11.8. The second-order valence-electron chi connectivity index (χ2n) is 6.00. The minimum atomic E-state index is -0.642. The van der Waals surface area contributed by atoms with Crippen molar-refractivity contribution in [2.75, 3.05) is 7.11 Å². The highest BCUT2D eigenvalue weighted by molar-refractivity contribution is 7.19. The van der Waals surface area contributed by atoms with E-state index in [1.165, 1.54) is 11.7 Å². The summed E-state index contributed by atoms with van der Waals surface area (Å²) < 4.78 is 12.0. The maximum Gasteiger partial charge on any atom is 0.420 e. The highest BCUT2D eigenvalue weighted by Gasteiger charge is 2.24. The van der Waals surface area contributed by atoms with Gasteiger partial charge in [-0.05, 0) is 26.8 Å². The highest BCUT2D eigenvalue weighted by Crippen LogP contribution is 2.32. The molecule has 0 radical (unpaired) electrons. The van der Waals surface area contributed by atoms with E-state index in [1.807, 2.05) is 12.1 Å². The van der Waals surface area contributed by atoms with Gasteiger partial charge in [0, 0.05) is 5.39 Å². The Labute approximate surface area is 136 Å². The van der Waals surface area contributed by atoms with E-state index in [0.717, 1.165) is 11.3 Å². The molecule has 0 amide bonds. The van der Waals surface area contributed by atoms with Crippen LogP contribution in [0.25, 0.3) is 21.1 Å². The number of rotatable bonds is 1. The molecule has 0 bridgehead atoms. The van der Waals surface area contributed by atoms with Crippen LogP contribution in [0.4, 0.5) is 4.79 Å². The summed E-state index contributed by atoms with van der Waals surface area (Å²) in [6, 6.07) is 7.19. The zero-order chi connectivity index (χ0) is 16.8. The van der Waals surface area contributed by atoms with Crippen LogP contribution in [0.1, 0.15) is 20.8 Å². The predicted octanol–water partition coefficient (Wildman–Crippen LogP) is 3.40. The van der Waals surface area contributed by atoms with Gasteiger partial charge in [0.05, 0.1) is 18.0 Å². The van der Waals surface area contributed by atoms with Gasteiger partial charge in [0.25, 0.3) is 10.8 Å². The largest absolute Gasteiger partial charge is 0.473 e. The van der Waals surface area contributed by atoms with Gasteiger partial charge in [0.1, 0.15) is 10.4 Å². The number of methoxy groups -OCH3 is 1. The van der Waals surface area contributed by atoms with Gasteiger partial charge in [0.15, 0.2) is 0 Å². The number of ether oxygens (including phenoxy) is 2. The topological polar surface area (TPSA) is 70.4 Å². The third-order valence-electron chi connectivity index (χ3n) is 3.17. The highest BCUT2D eigenvalue weighted by atomic mass is 32.1. The summed E-state index contributed by atoms with van der Waals surface area (Å²) >= 11 is 1.14. The number of fused-ring (bicyclic) bond motifs is 3. The number of hydrogen-bond acceptors (Lipinski definition) is 6. The third kappa shape index (κ3) is 2.68. The summed E-state index contributed by atoms with van der Waals surface area (Å²) in [7, 11) is 1.44. The van der Waals surface area contributed by atoms with Crippen molar-refractivity contribution in [1.82, 2.24) is 9.55 Å². The summed E-state index contributed by atoms with van der Waals surface area (Å²) in [5, 5.41) is 1.28. The number of aromatic nitrogens is 2. The molecule has 23 heavy (non-hydrogen) atoms. The van der Waals surface area contributed by atoms with Gasteiger partial charge in [-0.2, -0.15) is 4.98 Å². The summed E-state index contributed by atoms with van der Waals surface area (Å²) in [6.45, 7) is 5.39. The Hall–Kier alpha value is -2.41. The zero-order valence-corrected chi connectivity index (χ0v) is 14.1. The minimum Gasteiger partial charge on any atom is -0.473 e. The first-order valence-corrected chi connectivity index (χ1v) is 7.85. The molecule has 3 aromatic rings. The van der Waals surface area contributed by atoms with Crippen LogP contribution in [0, 0.1) is 0 Å². The van der Waals surface area contributed by atoms with E-state index in [2.05, 4.69) is 4.98 Å². The lowest BCUT2D eigenvalue weighted by molar-refractivity contribution is 0.0552. The van der Waals surface area contributed by atoms with E-state index in [-0.39, 0.29) is 5.19 Å². The third-order valence-corrected chi connectivity index (χ3v) is 4.19. The SMILES string of the molecule is COc1nc(=O)c2c3ccccc3n(C(=O)OC(C)(C)C)c2s1. The number of nitrogens with zero attached hydrogens (tertiary/aromatic N) is 2. The average molecular weight is 332 g/mol. The molecule has 0 N–H and O–H groups in total. The Morgan fingerprint density at radius 3 is 2.61 bits per heavy atom. The van der Waals surface area contributed by atoms with E-state index in [1.54, 1.807) is 32.9 Å². The van der Waals surface area contributed by atoms with Gasteiger partial charge in [-0.25, -0.2) is 9.36 Å². The molecule has 0 atom stereocenters. The number of para-hydroxylation sites is 1. The summed E-state index contributed by atoms with van der Waals surface area (Å²) in [5.74, 6) is 0. The van der Waals surface area contributed by atoms with Crippen molar-refractivity contribution in [1.29, 1.82) is 0 Å². The van der Waals surface area contributed by atoms with Crippen molar-refractivity contribution in [3.05, 3.63) is 34.6 Å². The molecular weight excluding hydrogens is 316 g/mol. The smallest absolute Gasteiger partial charge is 0.420 e. The van der Waals surface area contributed by atoms with Gasteiger partial charge in [-0.3, -0.25) is 4.79 Å². The molecule has 0 fully saturated rings. The van der Waals surface area contributed by atoms with Gasteiger partial charge >= 0.3 is 6.09 Å². The maximum absolute atomic E-state index is 12.6. The minimum absolute atomic E-state index is 0.204. The van der Waals surface area contributed by atoms with Crippen LogP contribution in [0.15, 0.2) is 29.1 Å². The second-order valence-corrected chi connectivity index (χ2v) is 6.94. The Morgan fingerprint density at radius 2 is 1.96 bits per heavy atom. The molecule has 0 spiro atoms. The lowest BCUT2D eigenvalue weighted by Crippen LogP contribution is -2.27. The molecule has 0 saturated carbocycles. The first-order chi connectivity index (χ1) is 10.8. The van der Waals surface area contributed by atoms with Crippen molar-refractivity contribution in [2.24, 2.45) is 0 Å². The Kier molecular flexibility index (Phi) is 3.60. The average Bonchev–Trinajstić information content (AvgIpc) is 2.79. The lowest BCUT2D eigenvalue weighted by Gasteiger charge is -2.20. The van der Waals surface area contributed by atoms with Gasteiger partial charge in [-0.15, -0.1) is 0 Å². The van der Waals surface area contributed by atoms with E-state index in [0.29, 0.717) is 21.1 Å². The molecule has 0 unspecified atom stereocenters. The molecule has 0 aliphatic heterocycles. The Morgan fingerprint density at radius 1 is 1.26 bits per heavy atom. The molecule has 3 rings (SSSR count). The first kappa shape index (κ1) is 15.5. The number of carbonyl (C=O) groups is 1. The van der Waals surface area contributed by atoms with E-state index in [4.69, 9.17) is 9.47 Å². The van der Waals surface area contributed by atoms with Crippen LogP contribution in [-0.4, -0.2) is 28.4 Å². The molecule has 1 aromatic carbocycles. The quantitative estimate of drug-likeness (QED) is 0.683. The van der Waals surface area contributed by atoms with Gasteiger partial charge in [-0.1, -0.05) is 29.5 Å². The van der Waals surface area contributed by atoms with E-state index in [9.17, 15) is 9.59 Å². The van der Waals surface area contributed by atoms with Crippen LogP contribution < -0.4 is 10.3 Å². The summed E-state index contributed by atoms with van der Waals surface area (Å²) in [6.07, 6.45) is -0.535. The van der Waals surface area contributed by atoms with Crippen LogP contribution in [0.3, 0.4) is 0 Å². The van der Waals surface area contributed by atoms with E-state index < -0.39 is 17.3 Å². The fourth-order valence-corrected chi connectivity index (χ4v) is 3.28. The predicted molar refractivity (Wildman–Crippen MR) is 89.6 cm³/mol. The van der Waals surface area contributed by atoms with Gasteiger partial charge in [0.2, 0.25) is 0 Å². The van der Waals surface area contributed by atoms with Crippen molar-refractivity contribution in [3.63, 3.8) is 0 Å². The molecule has 6 nitrogen and oxygen atoms in total. The van der Waals surface area contributed by atoms with Crippen molar-refractivity contribution in [2.45, 2.75) is 26.4 Å². The van der Waals surface area contributed by atoms with E-state index >= 15 is 0 Å². The Balaban J connectivity index is 2.40. The maximum atomic E-state index is 12.6. The van der Waals surface area contributed by atoms with Crippen molar-refractivity contribution >= 4 is 38.5 Å². The molecule has 120 valence electrons. The monoisotopic (exact) mass is 332 g/mol. The molecular formula is C16H16N2O4S. The molecule has 0 aliphatic carbocycles. The Bertz CT molecular complexity index is 966. The molecule has 2 aromatic heterocycles.